The Balaban J connectivity index is 0.00000264. The topological polar surface area (TPSA) is 79.4 Å². The van der Waals surface area contributed by atoms with Crippen molar-refractivity contribution < 1.29 is 14.6 Å². The van der Waals surface area contributed by atoms with Crippen LogP contribution in [-0.4, -0.2) is 36.1 Å². The van der Waals surface area contributed by atoms with Crippen molar-refractivity contribution >= 4 is 12.4 Å². The van der Waals surface area contributed by atoms with E-state index in [0.29, 0.717) is 30.2 Å². The summed E-state index contributed by atoms with van der Waals surface area (Å²) in [6, 6.07) is 5.39. The zero-order chi connectivity index (χ0) is 16.1. The number of aromatic amines is 1. The summed E-state index contributed by atoms with van der Waals surface area (Å²) in [5.74, 6) is 1.34. The molecule has 23 heavy (non-hydrogen) atoms. The van der Waals surface area contributed by atoms with E-state index in [4.69, 9.17) is 9.47 Å². The third-order valence-electron chi connectivity index (χ3n) is 3.72. The molecule has 0 amide bonds. The molecule has 0 radical (unpaired) electrons. The Bertz CT molecular complexity index is 612. The second-order valence-electron chi connectivity index (χ2n) is 5.17. The summed E-state index contributed by atoms with van der Waals surface area (Å²) in [4.78, 5) is 0. The molecule has 0 bridgehead atoms. The van der Waals surface area contributed by atoms with Crippen LogP contribution in [-0.2, 0) is 6.54 Å². The van der Waals surface area contributed by atoms with Gasteiger partial charge in [0, 0.05) is 29.9 Å². The van der Waals surface area contributed by atoms with Crippen LogP contribution in [0.15, 0.2) is 18.2 Å². The maximum atomic E-state index is 10.4. The summed E-state index contributed by atoms with van der Waals surface area (Å²) in [6.07, 6.45) is -0.683. The van der Waals surface area contributed by atoms with E-state index >= 15 is 0 Å². The van der Waals surface area contributed by atoms with E-state index in [2.05, 4.69) is 15.5 Å². The first kappa shape index (κ1) is 19.3. The molecule has 2 rings (SSSR count). The molecule has 1 unspecified atom stereocenters. The molecule has 1 aromatic carbocycles. The summed E-state index contributed by atoms with van der Waals surface area (Å²) in [5, 5.41) is 20.8. The van der Waals surface area contributed by atoms with Gasteiger partial charge in [0.1, 0.15) is 11.5 Å². The predicted octanol–water partition coefficient (Wildman–Crippen LogP) is 2.29. The van der Waals surface area contributed by atoms with E-state index in [-0.39, 0.29) is 12.4 Å². The first-order valence-electron chi connectivity index (χ1n) is 7.18. The van der Waals surface area contributed by atoms with Crippen molar-refractivity contribution in [3.05, 3.63) is 40.7 Å². The number of nitrogens with zero attached hydrogens (tertiary/aromatic N) is 1. The second-order valence-corrected chi connectivity index (χ2v) is 5.17. The average Bonchev–Trinajstić information content (AvgIpc) is 2.85. The summed E-state index contributed by atoms with van der Waals surface area (Å²) in [7, 11) is 3.18. The van der Waals surface area contributed by atoms with Crippen LogP contribution < -0.4 is 14.8 Å². The molecule has 6 nitrogen and oxygen atoms in total. The standard InChI is InChI=1S/C16H23N3O3.ClH/c1-10-14(11(2)19-18-10)8-17-9-15(20)13-7-12(21-3)5-6-16(13)22-4;/h5-7,15,17,20H,8-9H2,1-4H3,(H,18,19);1H. The van der Waals surface area contributed by atoms with Crippen LogP contribution in [0.2, 0.25) is 0 Å². The van der Waals surface area contributed by atoms with Gasteiger partial charge in [0.2, 0.25) is 0 Å². The van der Waals surface area contributed by atoms with Crippen molar-refractivity contribution in [2.45, 2.75) is 26.5 Å². The van der Waals surface area contributed by atoms with Crippen molar-refractivity contribution in [3.8, 4) is 11.5 Å². The molecule has 0 aliphatic rings. The van der Waals surface area contributed by atoms with Gasteiger partial charge in [-0.25, -0.2) is 0 Å². The van der Waals surface area contributed by atoms with Crippen molar-refractivity contribution in [3.63, 3.8) is 0 Å². The number of hydrogen-bond donors (Lipinski definition) is 3. The number of ether oxygens (including phenoxy) is 2. The molecule has 0 spiro atoms. The lowest BCUT2D eigenvalue weighted by atomic mass is 10.1. The lowest BCUT2D eigenvalue weighted by Crippen LogP contribution is -2.22. The predicted molar refractivity (Wildman–Crippen MR) is 91.5 cm³/mol. The lowest BCUT2D eigenvalue weighted by molar-refractivity contribution is 0.169. The number of hydrogen-bond acceptors (Lipinski definition) is 5. The number of aryl methyl sites for hydroxylation is 2. The number of H-pyrrole nitrogens is 1. The van der Waals surface area contributed by atoms with E-state index in [1.807, 2.05) is 13.8 Å². The molecule has 3 N–H and O–H groups in total. The highest BCUT2D eigenvalue weighted by atomic mass is 35.5. The van der Waals surface area contributed by atoms with Crippen LogP contribution in [0.3, 0.4) is 0 Å². The molecular formula is C16H24ClN3O3. The first-order valence-corrected chi connectivity index (χ1v) is 7.18. The van der Waals surface area contributed by atoms with Gasteiger partial charge in [-0.2, -0.15) is 5.10 Å². The van der Waals surface area contributed by atoms with E-state index < -0.39 is 6.10 Å². The minimum atomic E-state index is -0.683. The molecule has 7 heteroatoms. The van der Waals surface area contributed by atoms with Crippen molar-refractivity contribution in [1.29, 1.82) is 0 Å². The minimum Gasteiger partial charge on any atom is -0.497 e. The maximum Gasteiger partial charge on any atom is 0.124 e. The molecule has 1 aromatic heterocycles. The molecule has 0 saturated carbocycles. The molecular weight excluding hydrogens is 318 g/mol. The van der Waals surface area contributed by atoms with Crippen LogP contribution in [0.1, 0.15) is 28.6 Å². The zero-order valence-electron chi connectivity index (χ0n) is 13.8. The number of nitrogens with one attached hydrogen (secondary N) is 2. The Kier molecular flexibility index (Phi) is 7.35. The number of methoxy groups -OCH3 is 2. The number of benzene rings is 1. The van der Waals surface area contributed by atoms with Crippen LogP contribution in [0.25, 0.3) is 0 Å². The highest BCUT2D eigenvalue weighted by molar-refractivity contribution is 5.85. The molecule has 1 heterocycles. The third kappa shape index (κ3) is 4.60. The fourth-order valence-corrected chi connectivity index (χ4v) is 2.38. The molecule has 1 atom stereocenters. The Morgan fingerprint density at radius 1 is 1.26 bits per heavy atom. The number of aromatic nitrogens is 2. The van der Waals surface area contributed by atoms with E-state index in [0.717, 1.165) is 17.0 Å². The average molecular weight is 342 g/mol. The van der Waals surface area contributed by atoms with Crippen LogP contribution in [0.4, 0.5) is 0 Å². The van der Waals surface area contributed by atoms with Gasteiger partial charge >= 0.3 is 0 Å². The smallest absolute Gasteiger partial charge is 0.124 e. The van der Waals surface area contributed by atoms with Gasteiger partial charge in [0.25, 0.3) is 0 Å². The SMILES string of the molecule is COc1ccc(OC)c(C(O)CNCc2c(C)n[nH]c2C)c1.Cl. The second kappa shape index (κ2) is 8.76. The van der Waals surface area contributed by atoms with Crippen molar-refractivity contribution in [2.75, 3.05) is 20.8 Å². The van der Waals surface area contributed by atoms with E-state index in [1.54, 1.807) is 32.4 Å². The van der Waals surface area contributed by atoms with Gasteiger partial charge in [-0.3, -0.25) is 5.10 Å². The summed E-state index contributed by atoms with van der Waals surface area (Å²) in [5.41, 5.74) is 3.84. The lowest BCUT2D eigenvalue weighted by Gasteiger charge is -2.16. The summed E-state index contributed by atoms with van der Waals surface area (Å²) in [6.45, 7) is 5.01. The van der Waals surface area contributed by atoms with Crippen molar-refractivity contribution in [1.82, 2.24) is 15.5 Å². The highest BCUT2D eigenvalue weighted by Crippen LogP contribution is 2.29. The van der Waals surface area contributed by atoms with Crippen LogP contribution >= 0.6 is 12.4 Å². The first-order chi connectivity index (χ1) is 10.6. The largest absolute Gasteiger partial charge is 0.497 e. The van der Waals surface area contributed by atoms with Crippen LogP contribution in [0.5, 0.6) is 11.5 Å². The molecule has 0 aliphatic heterocycles. The minimum absolute atomic E-state index is 0. The van der Waals surface area contributed by atoms with Crippen LogP contribution in [0, 0.1) is 13.8 Å². The molecule has 0 fully saturated rings. The third-order valence-corrected chi connectivity index (χ3v) is 3.72. The van der Waals surface area contributed by atoms with E-state index in [1.165, 1.54) is 0 Å². The Morgan fingerprint density at radius 2 is 2.00 bits per heavy atom. The van der Waals surface area contributed by atoms with Gasteiger partial charge in [0.05, 0.1) is 26.0 Å². The number of halogens is 1. The molecule has 0 saturated heterocycles. The number of aliphatic hydroxyl groups is 1. The van der Waals surface area contributed by atoms with Crippen molar-refractivity contribution in [2.24, 2.45) is 0 Å². The fourth-order valence-electron chi connectivity index (χ4n) is 2.38. The fraction of sp³-hybridized carbons (Fsp3) is 0.438. The van der Waals surface area contributed by atoms with E-state index in [9.17, 15) is 5.11 Å². The normalized spacial score (nSPS) is 11.7. The van der Waals surface area contributed by atoms with Gasteiger partial charge < -0.3 is 19.9 Å². The van der Waals surface area contributed by atoms with Gasteiger partial charge in [0.15, 0.2) is 0 Å². The zero-order valence-corrected chi connectivity index (χ0v) is 14.7. The maximum absolute atomic E-state index is 10.4. The Labute approximate surface area is 142 Å². The Morgan fingerprint density at radius 3 is 2.57 bits per heavy atom. The van der Waals surface area contributed by atoms with Gasteiger partial charge in [-0.1, -0.05) is 0 Å². The molecule has 0 aliphatic carbocycles. The quantitative estimate of drug-likeness (QED) is 0.720. The summed E-state index contributed by atoms with van der Waals surface area (Å²) >= 11 is 0. The molecule has 2 aromatic rings. The van der Waals surface area contributed by atoms with Gasteiger partial charge in [-0.05, 0) is 32.0 Å². The number of aliphatic hydroxyl groups excluding tert-OH is 1. The summed E-state index contributed by atoms with van der Waals surface area (Å²) < 4.78 is 10.5. The monoisotopic (exact) mass is 341 g/mol. The van der Waals surface area contributed by atoms with Gasteiger partial charge in [-0.15, -0.1) is 12.4 Å². The molecule has 128 valence electrons. The highest BCUT2D eigenvalue weighted by Gasteiger charge is 2.15. The Hall–Kier alpha value is -1.76. The number of rotatable bonds is 7.